The molecule has 0 aromatic carbocycles. The van der Waals surface area contributed by atoms with Gasteiger partial charge in [-0.05, 0) is 57.2 Å². The van der Waals surface area contributed by atoms with Gasteiger partial charge in [0.1, 0.15) is 0 Å². The summed E-state index contributed by atoms with van der Waals surface area (Å²) in [5.74, 6) is 2.99. The molecule has 2 rings (SSSR count). The third kappa shape index (κ3) is 4.10. The summed E-state index contributed by atoms with van der Waals surface area (Å²) < 4.78 is 5.79. The molecule has 1 fully saturated rings. The Morgan fingerprint density at radius 2 is 2.10 bits per heavy atom. The minimum Gasteiger partial charge on any atom is -0.487 e. The van der Waals surface area contributed by atoms with Crippen LogP contribution in [0.3, 0.4) is 0 Å². The predicted molar refractivity (Wildman–Crippen MR) is 83.0 cm³/mol. The van der Waals surface area contributed by atoms with Crippen LogP contribution in [0.2, 0.25) is 0 Å². The summed E-state index contributed by atoms with van der Waals surface area (Å²) in [7, 11) is 0. The zero-order chi connectivity index (χ0) is 14.4. The molecule has 1 saturated carbocycles. The Morgan fingerprint density at radius 3 is 2.80 bits per heavy atom. The Kier molecular flexibility index (Phi) is 5.65. The van der Waals surface area contributed by atoms with E-state index in [1.807, 2.05) is 26.0 Å². The second-order valence-electron chi connectivity index (χ2n) is 5.94. The van der Waals surface area contributed by atoms with Crippen molar-refractivity contribution < 1.29 is 4.74 Å². The van der Waals surface area contributed by atoms with Gasteiger partial charge in [0.2, 0.25) is 0 Å². The van der Waals surface area contributed by atoms with Crippen molar-refractivity contribution in [3.05, 3.63) is 18.3 Å². The standard InChI is InChI=1S/C16H27N3O/c1-12(2)20-15-8-5-9-18-16(15)19-11-14-7-4-3-6-13(14)10-17/h5,8-9,12-14H,3-4,6-7,10-11,17H2,1-2H3,(H,18,19). The summed E-state index contributed by atoms with van der Waals surface area (Å²) in [6.45, 7) is 5.79. The molecule has 1 heterocycles. The molecule has 0 saturated heterocycles. The maximum atomic E-state index is 5.89. The van der Waals surface area contributed by atoms with Crippen LogP contribution in [0.15, 0.2) is 18.3 Å². The average molecular weight is 277 g/mol. The van der Waals surface area contributed by atoms with E-state index in [4.69, 9.17) is 10.5 Å². The fourth-order valence-electron chi connectivity index (χ4n) is 2.96. The normalized spacial score (nSPS) is 22.8. The number of nitrogens with two attached hydrogens (primary N) is 1. The van der Waals surface area contributed by atoms with Gasteiger partial charge in [0.25, 0.3) is 0 Å². The first-order valence-electron chi connectivity index (χ1n) is 7.76. The largest absolute Gasteiger partial charge is 0.487 e. The molecular formula is C16H27N3O. The minimum absolute atomic E-state index is 0.159. The zero-order valence-electron chi connectivity index (χ0n) is 12.6. The number of rotatable bonds is 6. The van der Waals surface area contributed by atoms with Crippen molar-refractivity contribution >= 4 is 5.82 Å². The highest BCUT2D eigenvalue weighted by molar-refractivity contribution is 5.49. The van der Waals surface area contributed by atoms with Gasteiger partial charge in [0, 0.05) is 12.7 Å². The van der Waals surface area contributed by atoms with E-state index in [-0.39, 0.29) is 6.10 Å². The fraction of sp³-hybridized carbons (Fsp3) is 0.688. The summed E-state index contributed by atoms with van der Waals surface area (Å²) >= 11 is 0. The molecule has 4 heteroatoms. The van der Waals surface area contributed by atoms with Crippen LogP contribution in [-0.4, -0.2) is 24.2 Å². The number of nitrogens with zero attached hydrogens (tertiary/aromatic N) is 1. The van der Waals surface area contributed by atoms with E-state index in [1.54, 1.807) is 6.20 Å². The lowest BCUT2D eigenvalue weighted by Gasteiger charge is -2.31. The van der Waals surface area contributed by atoms with Gasteiger partial charge in [-0.3, -0.25) is 0 Å². The lowest BCUT2D eigenvalue weighted by atomic mass is 9.79. The SMILES string of the molecule is CC(C)Oc1cccnc1NCC1CCCCC1CN. The van der Waals surface area contributed by atoms with Crippen LogP contribution in [0.4, 0.5) is 5.82 Å². The molecule has 0 radical (unpaired) electrons. The molecule has 1 aliphatic carbocycles. The first kappa shape index (κ1) is 15.1. The van der Waals surface area contributed by atoms with Gasteiger partial charge in [-0.25, -0.2) is 4.98 Å². The highest BCUT2D eigenvalue weighted by Crippen LogP contribution is 2.30. The van der Waals surface area contributed by atoms with Crippen molar-refractivity contribution in [3.8, 4) is 5.75 Å². The molecular weight excluding hydrogens is 250 g/mol. The third-order valence-electron chi connectivity index (χ3n) is 4.03. The van der Waals surface area contributed by atoms with Crippen LogP contribution >= 0.6 is 0 Å². The van der Waals surface area contributed by atoms with Crippen LogP contribution < -0.4 is 15.8 Å². The molecule has 4 nitrogen and oxygen atoms in total. The Balaban J connectivity index is 1.96. The van der Waals surface area contributed by atoms with E-state index in [1.165, 1.54) is 25.7 Å². The van der Waals surface area contributed by atoms with Gasteiger partial charge in [-0.15, -0.1) is 0 Å². The lowest BCUT2D eigenvalue weighted by Crippen LogP contribution is -2.31. The van der Waals surface area contributed by atoms with Gasteiger partial charge >= 0.3 is 0 Å². The van der Waals surface area contributed by atoms with Crippen molar-refractivity contribution in [2.24, 2.45) is 17.6 Å². The van der Waals surface area contributed by atoms with E-state index in [0.29, 0.717) is 11.8 Å². The predicted octanol–water partition coefficient (Wildman–Crippen LogP) is 3.05. The molecule has 0 spiro atoms. The summed E-state index contributed by atoms with van der Waals surface area (Å²) in [6.07, 6.45) is 7.13. The van der Waals surface area contributed by atoms with Crippen molar-refractivity contribution in [3.63, 3.8) is 0 Å². The molecule has 112 valence electrons. The molecule has 1 aliphatic rings. The molecule has 0 aliphatic heterocycles. The maximum Gasteiger partial charge on any atom is 0.168 e. The Labute approximate surface area is 122 Å². The zero-order valence-corrected chi connectivity index (χ0v) is 12.6. The van der Waals surface area contributed by atoms with Crippen LogP contribution in [0.1, 0.15) is 39.5 Å². The Bertz CT molecular complexity index is 408. The number of nitrogens with one attached hydrogen (secondary N) is 1. The number of aromatic nitrogens is 1. The van der Waals surface area contributed by atoms with E-state index in [0.717, 1.165) is 24.7 Å². The topological polar surface area (TPSA) is 60.2 Å². The summed E-state index contributed by atoms with van der Waals surface area (Å²) in [4.78, 5) is 4.40. The number of hydrogen-bond acceptors (Lipinski definition) is 4. The third-order valence-corrected chi connectivity index (χ3v) is 4.03. The van der Waals surface area contributed by atoms with Crippen LogP contribution in [0, 0.1) is 11.8 Å². The minimum atomic E-state index is 0.159. The molecule has 1 aromatic heterocycles. The lowest BCUT2D eigenvalue weighted by molar-refractivity contribution is 0.241. The first-order valence-corrected chi connectivity index (χ1v) is 7.76. The smallest absolute Gasteiger partial charge is 0.168 e. The van der Waals surface area contributed by atoms with E-state index in [2.05, 4.69) is 10.3 Å². The number of anilines is 1. The van der Waals surface area contributed by atoms with Crippen molar-refractivity contribution in [2.75, 3.05) is 18.4 Å². The highest BCUT2D eigenvalue weighted by Gasteiger charge is 2.24. The molecule has 0 amide bonds. The second-order valence-corrected chi connectivity index (χ2v) is 5.94. The second kappa shape index (κ2) is 7.48. The van der Waals surface area contributed by atoms with Gasteiger partial charge in [0.15, 0.2) is 11.6 Å². The Hall–Kier alpha value is -1.29. The summed E-state index contributed by atoms with van der Waals surface area (Å²) in [5.41, 5.74) is 5.89. The van der Waals surface area contributed by atoms with Gasteiger partial charge < -0.3 is 15.8 Å². The van der Waals surface area contributed by atoms with Crippen LogP contribution in [0.25, 0.3) is 0 Å². The molecule has 20 heavy (non-hydrogen) atoms. The molecule has 1 aromatic rings. The van der Waals surface area contributed by atoms with E-state index in [9.17, 15) is 0 Å². The van der Waals surface area contributed by atoms with Crippen LogP contribution in [0.5, 0.6) is 5.75 Å². The summed E-state index contributed by atoms with van der Waals surface area (Å²) in [6, 6.07) is 3.88. The van der Waals surface area contributed by atoms with Gasteiger partial charge in [-0.2, -0.15) is 0 Å². The fourth-order valence-corrected chi connectivity index (χ4v) is 2.96. The number of pyridine rings is 1. The molecule has 3 N–H and O–H groups in total. The Morgan fingerprint density at radius 1 is 1.35 bits per heavy atom. The van der Waals surface area contributed by atoms with Crippen molar-refractivity contribution in [1.82, 2.24) is 4.98 Å². The number of hydrogen-bond donors (Lipinski definition) is 2. The monoisotopic (exact) mass is 277 g/mol. The van der Waals surface area contributed by atoms with Crippen LogP contribution in [-0.2, 0) is 0 Å². The maximum absolute atomic E-state index is 5.89. The average Bonchev–Trinajstić information content (AvgIpc) is 2.46. The van der Waals surface area contributed by atoms with Crippen molar-refractivity contribution in [1.29, 1.82) is 0 Å². The quantitative estimate of drug-likeness (QED) is 0.839. The molecule has 2 unspecified atom stereocenters. The molecule has 2 atom stereocenters. The first-order chi connectivity index (χ1) is 9.70. The van der Waals surface area contributed by atoms with Crippen molar-refractivity contribution in [2.45, 2.75) is 45.6 Å². The van der Waals surface area contributed by atoms with Gasteiger partial charge in [-0.1, -0.05) is 12.8 Å². The van der Waals surface area contributed by atoms with E-state index >= 15 is 0 Å². The van der Waals surface area contributed by atoms with E-state index < -0.39 is 0 Å². The molecule has 0 bridgehead atoms. The number of ether oxygens (including phenoxy) is 1. The van der Waals surface area contributed by atoms with Gasteiger partial charge in [0.05, 0.1) is 6.10 Å². The highest BCUT2D eigenvalue weighted by atomic mass is 16.5. The summed E-state index contributed by atoms with van der Waals surface area (Å²) in [5, 5.41) is 3.46.